The normalized spacial score (nSPS) is 11.0. The molecular weight excluding hydrogens is 306 g/mol. The lowest BCUT2D eigenvalue weighted by atomic mass is 10.0. The summed E-state index contributed by atoms with van der Waals surface area (Å²) in [5.74, 6) is 0.950. The van der Waals surface area contributed by atoms with E-state index in [2.05, 4.69) is 20.3 Å². The third-order valence-corrected chi connectivity index (χ3v) is 3.69. The summed E-state index contributed by atoms with van der Waals surface area (Å²) in [7, 11) is 0. The summed E-state index contributed by atoms with van der Waals surface area (Å²) in [6, 6.07) is 8.84. The highest BCUT2D eigenvalue weighted by Crippen LogP contribution is 2.32. The molecule has 0 aliphatic heterocycles. The van der Waals surface area contributed by atoms with Crippen LogP contribution in [-0.2, 0) is 0 Å². The number of nitrogens with zero attached hydrogens (tertiary/aromatic N) is 3. The Morgan fingerprint density at radius 3 is 2.96 bits per heavy atom. The van der Waals surface area contributed by atoms with E-state index < -0.39 is 6.03 Å². The van der Waals surface area contributed by atoms with Gasteiger partial charge in [0, 0.05) is 30.3 Å². The van der Waals surface area contributed by atoms with Crippen molar-refractivity contribution in [3.63, 3.8) is 0 Å². The molecular formula is C17H13N5O2. The highest BCUT2D eigenvalue weighted by Gasteiger charge is 2.12. The lowest BCUT2D eigenvalue weighted by Gasteiger charge is -2.09. The van der Waals surface area contributed by atoms with Gasteiger partial charge in [0.25, 0.3) is 0 Å². The van der Waals surface area contributed by atoms with Crippen molar-refractivity contribution in [1.82, 2.24) is 15.0 Å². The van der Waals surface area contributed by atoms with Crippen molar-refractivity contribution in [3.05, 3.63) is 48.6 Å². The summed E-state index contributed by atoms with van der Waals surface area (Å²) in [5, 5.41) is 3.35. The Bertz CT molecular complexity index is 1090. The molecule has 0 aliphatic carbocycles. The maximum Gasteiger partial charge on any atom is 0.317 e. The molecule has 0 bridgehead atoms. The number of nitrogens with one attached hydrogen (secondary N) is 1. The van der Waals surface area contributed by atoms with Gasteiger partial charge in [0.2, 0.25) is 0 Å². The molecule has 0 saturated heterocycles. The fourth-order valence-electron chi connectivity index (χ4n) is 2.72. The SMILES string of the molecule is Cc1nc2ccc(-c3cnc(NC(N)=O)c4ncccc34)cc2o1. The van der Waals surface area contributed by atoms with Crippen LogP contribution in [0.15, 0.2) is 47.1 Å². The maximum atomic E-state index is 11.1. The number of hydrogen-bond acceptors (Lipinski definition) is 5. The number of anilines is 1. The number of pyridine rings is 2. The predicted molar refractivity (Wildman–Crippen MR) is 90.5 cm³/mol. The quantitative estimate of drug-likeness (QED) is 0.590. The van der Waals surface area contributed by atoms with E-state index in [-0.39, 0.29) is 0 Å². The number of aromatic nitrogens is 3. The molecule has 1 aromatic carbocycles. The molecule has 0 aliphatic rings. The molecule has 0 atom stereocenters. The number of carbonyl (C=O) groups excluding carboxylic acids is 1. The summed E-state index contributed by atoms with van der Waals surface area (Å²) in [6.07, 6.45) is 3.32. The van der Waals surface area contributed by atoms with Gasteiger partial charge in [-0.25, -0.2) is 14.8 Å². The molecule has 2 amide bonds. The fourth-order valence-corrected chi connectivity index (χ4v) is 2.72. The molecule has 0 radical (unpaired) electrons. The highest BCUT2D eigenvalue weighted by atomic mass is 16.3. The Balaban J connectivity index is 1.93. The average Bonchev–Trinajstić information content (AvgIpc) is 2.94. The number of rotatable bonds is 2. The molecule has 7 nitrogen and oxygen atoms in total. The molecule has 4 aromatic rings. The van der Waals surface area contributed by atoms with Gasteiger partial charge in [-0.1, -0.05) is 12.1 Å². The average molecular weight is 319 g/mol. The van der Waals surface area contributed by atoms with Crippen molar-refractivity contribution < 1.29 is 9.21 Å². The van der Waals surface area contributed by atoms with Gasteiger partial charge in [-0.15, -0.1) is 0 Å². The van der Waals surface area contributed by atoms with Crippen LogP contribution in [0.5, 0.6) is 0 Å². The lowest BCUT2D eigenvalue weighted by molar-refractivity contribution is 0.259. The van der Waals surface area contributed by atoms with Gasteiger partial charge in [-0.3, -0.25) is 10.3 Å². The second-order valence-electron chi connectivity index (χ2n) is 5.32. The monoisotopic (exact) mass is 319 g/mol. The zero-order chi connectivity index (χ0) is 16.7. The molecule has 7 heteroatoms. The van der Waals surface area contributed by atoms with Crippen molar-refractivity contribution in [1.29, 1.82) is 0 Å². The molecule has 3 N–H and O–H groups in total. The predicted octanol–water partition coefficient (Wildman–Crippen LogP) is 3.24. The van der Waals surface area contributed by atoms with E-state index in [0.717, 1.165) is 22.0 Å². The maximum absolute atomic E-state index is 11.1. The summed E-state index contributed by atoms with van der Waals surface area (Å²) in [6.45, 7) is 1.81. The molecule has 0 fully saturated rings. The van der Waals surface area contributed by atoms with Crippen LogP contribution in [0.1, 0.15) is 5.89 Å². The molecule has 3 aromatic heterocycles. The molecule has 0 saturated carbocycles. The van der Waals surface area contributed by atoms with Crippen LogP contribution in [0.3, 0.4) is 0 Å². The van der Waals surface area contributed by atoms with Crippen LogP contribution in [0.2, 0.25) is 0 Å². The first-order valence-corrected chi connectivity index (χ1v) is 7.29. The summed E-state index contributed by atoms with van der Waals surface area (Å²) in [5.41, 5.74) is 9.08. The van der Waals surface area contributed by atoms with Crippen molar-refractivity contribution in [2.24, 2.45) is 5.73 Å². The number of benzene rings is 1. The fraction of sp³-hybridized carbons (Fsp3) is 0.0588. The van der Waals surface area contributed by atoms with Crippen molar-refractivity contribution in [3.8, 4) is 11.1 Å². The highest BCUT2D eigenvalue weighted by molar-refractivity contribution is 6.03. The van der Waals surface area contributed by atoms with Crippen LogP contribution in [0.4, 0.5) is 10.6 Å². The molecule has 0 unspecified atom stereocenters. The van der Waals surface area contributed by atoms with Crippen LogP contribution in [0, 0.1) is 6.92 Å². The number of carbonyl (C=O) groups is 1. The Morgan fingerprint density at radius 1 is 1.25 bits per heavy atom. The molecule has 118 valence electrons. The molecule has 24 heavy (non-hydrogen) atoms. The van der Waals surface area contributed by atoms with Crippen LogP contribution < -0.4 is 11.1 Å². The first-order valence-electron chi connectivity index (χ1n) is 7.29. The number of nitrogens with two attached hydrogens (primary N) is 1. The lowest BCUT2D eigenvalue weighted by Crippen LogP contribution is -2.20. The van der Waals surface area contributed by atoms with E-state index in [1.165, 1.54) is 0 Å². The topological polar surface area (TPSA) is 107 Å². The number of hydrogen-bond donors (Lipinski definition) is 2. The second kappa shape index (κ2) is 5.31. The van der Waals surface area contributed by atoms with E-state index >= 15 is 0 Å². The first-order chi connectivity index (χ1) is 11.6. The molecule has 3 heterocycles. The third-order valence-electron chi connectivity index (χ3n) is 3.69. The van der Waals surface area contributed by atoms with Crippen LogP contribution in [0.25, 0.3) is 33.1 Å². The van der Waals surface area contributed by atoms with E-state index in [1.54, 1.807) is 12.4 Å². The van der Waals surface area contributed by atoms with Gasteiger partial charge in [0.15, 0.2) is 17.3 Å². The standard InChI is InChI=1S/C17H13N5O2/c1-9-21-13-5-4-10(7-14(13)24-9)12-8-20-16(22-17(18)23)15-11(12)3-2-6-19-15/h2-8H,1H3,(H3,18,20,22,23). The number of amides is 2. The van der Waals surface area contributed by atoms with Crippen LogP contribution in [-0.4, -0.2) is 21.0 Å². The van der Waals surface area contributed by atoms with Crippen molar-refractivity contribution >= 4 is 33.9 Å². The number of aryl methyl sites for hydroxylation is 1. The third kappa shape index (κ3) is 2.32. The van der Waals surface area contributed by atoms with Gasteiger partial charge in [0.05, 0.1) is 0 Å². The largest absolute Gasteiger partial charge is 0.441 e. The minimum absolute atomic E-state index is 0.332. The Kier molecular flexibility index (Phi) is 3.13. The first kappa shape index (κ1) is 14.1. The second-order valence-corrected chi connectivity index (χ2v) is 5.32. The number of urea groups is 1. The zero-order valence-corrected chi connectivity index (χ0v) is 12.8. The number of fused-ring (bicyclic) bond motifs is 2. The van der Waals surface area contributed by atoms with E-state index in [9.17, 15) is 4.79 Å². The zero-order valence-electron chi connectivity index (χ0n) is 12.8. The number of oxazole rings is 1. The summed E-state index contributed by atoms with van der Waals surface area (Å²) in [4.78, 5) is 24.0. The van der Waals surface area contributed by atoms with Gasteiger partial charge in [0.1, 0.15) is 11.0 Å². The van der Waals surface area contributed by atoms with Gasteiger partial charge in [-0.2, -0.15) is 0 Å². The van der Waals surface area contributed by atoms with E-state index in [4.69, 9.17) is 10.2 Å². The van der Waals surface area contributed by atoms with Crippen molar-refractivity contribution in [2.45, 2.75) is 6.92 Å². The van der Waals surface area contributed by atoms with E-state index in [0.29, 0.717) is 22.8 Å². The Morgan fingerprint density at radius 2 is 2.12 bits per heavy atom. The Hall–Kier alpha value is -3.48. The van der Waals surface area contributed by atoms with Crippen LogP contribution >= 0.6 is 0 Å². The smallest absolute Gasteiger partial charge is 0.317 e. The molecule has 4 rings (SSSR count). The van der Waals surface area contributed by atoms with Crippen molar-refractivity contribution in [2.75, 3.05) is 5.32 Å². The van der Waals surface area contributed by atoms with Gasteiger partial charge < -0.3 is 10.2 Å². The minimum atomic E-state index is -0.680. The van der Waals surface area contributed by atoms with Gasteiger partial charge in [-0.05, 0) is 23.8 Å². The number of primary amides is 1. The summed E-state index contributed by atoms with van der Waals surface area (Å²) >= 11 is 0. The molecule has 0 spiro atoms. The summed E-state index contributed by atoms with van der Waals surface area (Å²) < 4.78 is 5.60. The van der Waals surface area contributed by atoms with E-state index in [1.807, 2.05) is 37.3 Å². The van der Waals surface area contributed by atoms with Gasteiger partial charge >= 0.3 is 6.03 Å². The Labute approximate surface area is 136 Å². The minimum Gasteiger partial charge on any atom is -0.441 e.